The van der Waals surface area contributed by atoms with Crippen molar-refractivity contribution in [3.8, 4) is 22.4 Å². The van der Waals surface area contributed by atoms with Gasteiger partial charge >= 0.3 is 5.97 Å². The first kappa shape index (κ1) is 22.7. The number of halogens is 1. The number of benzene rings is 4. The predicted octanol–water partition coefficient (Wildman–Crippen LogP) is 7.37. The van der Waals surface area contributed by atoms with E-state index in [9.17, 15) is 9.59 Å². The number of rotatable bonds is 6. The van der Waals surface area contributed by atoms with E-state index in [-0.39, 0.29) is 12.4 Å². The van der Waals surface area contributed by atoms with Crippen molar-refractivity contribution >= 4 is 38.6 Å². The summed E-state index contributed by atoms with van der Waals surface area (Å²) in [7, 11) is 0. The maximum absolute atomic E-state index is 13.6. The molecule has 5 aromatic rings. The first-order chi connectivity index (χ1) is 17.1. The van der Waals surface area contributed by atoms with Gasteiger partial charge in [-0.25, -0.2) is 9.78 Å². The number of Topliss-reactive ketones (excluding diaryl/α,β-unsaturated/α-hetero) is 1. The number of pyridine rings is 1. The molecule has 0 aliphatic rings. The van der Waals surface area contributed by atoms with Gasteiger partial charge in [0.25, 0.3) is 0 Å². The molecule has 5 heteroatoms. The summed E-state index contributed by atoms with van der Waals surface area (Å²) in [5.41, 5.74) is 4.64. The van der Waals surface area contributed by atoms with Gasteiger partial charge in [-0.15, -0.1) is 0 Å². The number of hydrogen-bond donors (Lipinski definition) is 0. The molecule has 4 nitrogen and oxygen atoms in total. The van der Waals surface area contributed by atoms with Crippen LogP contribution in [0.2, 0.25) is 0 Å². The lowest BCUT2D eigenvalue weighted by atomic mass is 9.92. The molecule has 35 heavy (non-hydrogen) atoms. The first-order valence-electron chi connectivity index (χ1n) is 11.1. The van der Waals surface area contributed by atoms with Gasteiger partial charge in [0.05, 0.1) is 16.8 Å². The van der Waals surface area contributed by atoms with E-state index in [1.165, 1.54) is 0 Å². The van der Waals surface area contributed by atoms with Gasteiger partial charge in [0.1, 0.15) is 0 Å². The van der Waals surface area contributed by atoms with Crippen LogP contribution in [0, 0.1) is 0 Å². The highest BCUT2D eigenvalue weighted by Gasteiger charge is 2.24. The summed E-state index contributed by atoms with van der Waals surface area (Å²) in [6, 6.07) is 33.9. The van der Waals surface area contributed by atoms with Crippen LogP contribution < -0.4 is 0 Å². The summed E-state index contributed by atoms with van der Waals surface area (Å²) in [4.78, 5) is 31.2. The van der Waals surface area contributed by atoms with Crippen LogP contribution in [-0.4, -0.2) is 23.3 Å². The minimum Gasteiger partial charge on any atom is -0.454 e. The average molecular weight is 522 g/mol. The number of nitrogens with zero attached hydrogens (tertiary/aromatic N) is 1. The third-order valence-corrected chi connectivity index (χ3v) is 6.24. The molecule has 5 rings (SSSR count). The fourth-order valence-electron chi connectivity index (χ4n) is 4.04. The number of esters is 1. The lowest BCUT2D eigenvalue weighted by molar-refractivity contribution is 0.0477. The molecule has 0 saturated heterocycles. The zero-order chi connectivity index (χ0) is 24.2. The molecule has 0 saturated carbocycles. The van der Waals surface area contributed by atoms with Gasteiger partial charge in [-0.3, -0.25) is 4.79 Å². The topological polar surface area (TPSA) is 56.3 Å². The van der Waals surface area contributed by atoms with Gasteiger partial charge in [-0.1, -0.05) is 107 Å². The normalized spacial score (nSPS) is 10.8. The van der Waals surface area contributed by atoms with Crippen molar-refractivity contribution < 1.29 is 14.3 Å². The molecule has 170 valence electrons. The Morgan fingerprint density at radius 2 is 1.31 bits per heavy atom. The number of hydrogen-bond acceptors (Lipinski definition) is 4. The fraction of sp³-hybridized carbons (Fsp3) is 0.0333. The van der Waals surface area contributed by atoms with Crippen molar-refractivity contribution in [3.05, 3.63) is 125 Å². The number of fused-ring (bicyclic) bond motifs is 1. The number of carbonyl (C=O) groups is 2. The Bertz CT molecular complexity index is 1510. The second-order valence-electron chi connectivity index (χ2n) is 7.97. The SMILES string of the molecule is O=C(COC(=O)c1c(-c2ccccc2)c(-c2ccccc2)nc2ccccc12)c1ccc(Br)cc1. The van der Waals surface area contributed by atoms with Gasteiger partial charge in [-0.05, 0) is 23.8 Å². The van der Waals surface area contributed by atoms with Gasteiger partial charge in [-0.2, -0.15) is 0 Å². The van der Waals surface area contributed by atoms with E-state index in [1.54, 1.807) is 24.3 Å². The van der Waals surface area contributed by atoms with Crippen molar-refractivity contribution in [2.75, 3.05) is 6.61 Å². The van der Waals surface area contributed by atoms with Crippen molar-refractivity contribution in [3.63, 3.8) is 0 Å². The van der Waals surface area contributed by atoms with Crippen LogP contribution in [0.3, 0.4) is 0 Å². The summed E-state index contributed by atoms with van der Waals surface area (Å²) in [5, 5.41) is 0.673. The highest BCUT2D eigenvalue weighted by Crippen LogP contribution is 2.38. The van der Waals surface area contributed by atoms with E-state index in [0.29, 0.717) is 33.3 Å². The summed E-state index contributed by atoms with van der Waals surface area (Å²) >= 11 is 3.36. The Kier molecular flexibility index (Phi) is 6.51. The molecular weight excluding hydrogens is 502 g/mol. The Morgan fingerprint density at radius 1 is 0.714 bits per heavy atom. The van der Waals surface area contributed by atoms with Crippen molar-refractivity contribution in [1.29, 1.82) is 0 Å². The molecule has 1 aromatic heterocycles. The van der Waals surface area contributed by atoms with Crippen molar-refractivity contribution in [2.45, 2.75) is 0 Å². The Hall–Kier alpha value is -4.09. The maximum Gasteiger partial charge on any atom is 0.339 e. The minimum absolute atomic E-state index is 0.270. The van der Waals surface area contributed by atoms with E-state index in [1.807, 2.05) is 84.9 Å². The predicted molar refractivity (Wildman–Crippen MR) is 141 cm³/mol. The van der Waals surface area contributed by atoms with Gasteiger partial charge in [0, 0.05) is 26.5 Å². The lowest BCUT2D eigenvalue weighted by Gasteiger charge is -2.17. The molecule has 0 N–H and O–H groups in total. The number of para-hydroxylation sites is 1. The molecular formula is C30H20BrNO3. The first-order valence-corrected chi connectivity index (χ1v) is 11.9. The average Bonchev–Trinajstić information content (AvgIpc) is 2.91. The third kappa shape index (κ3) is 4.77. The van der Waals surface area contributed by atoms with Crippen LogP contribution in [0.4, 0.5) is 0 Å². The largest absolute Gasteiger partial charge is 0.454 e. The standard InChI is InChI=1S/C30H20BrNO3/c31-23-17-15-20(16-18-23)26(33)19-35-30(34)28-24-13-7-8-14-25(24)32-29(22-11-5-2-6-12-22)27(28)21-9-3-1-4-10-21/h1-18H,19H2. The molecule has 0 radical (unpaired) electrons. The van der Waals surface area contributed by atoms with Gasteiger partial charge in [0.2, 0.25) is 0 Å². The van der Waals surface area contributed by atoms with Crippen LogP contribution in [-0.2, 0) is 4.74 Å². The van der Waals surface area contributed by atoms with Crippen LogP contribution in [0.1, 0.15) is 20.7 Å². The monoisotopic (exact) mass is 521 g/mol. The number of carbonyl (C=O) groups excluding carboxylic acids is 2. The molecule has 0 amide bonds. The summed E-state index contributed by atoms with van der Waals surface area (Å²) < 4.78 is 6.48. The number of aromatic nitrogens is 1. The highest BCUT2D eigenvalue weighted by molar-refractivity contribution is 9.10. The zero-order valence-electron chi connectivity index (χ0n) is 18.6. The van der Waals surface area contributed by atoms with E-state index in [0.717, 1.165) is 15.6 Å². The molecule has 0 unspecified atom stereocenters. The summed E-state index contributed by atoms with van der Waals surface area (Å²) in [5.74, 6) is -0.834. The summed E-state index contributed by atoms with van der Waals surface area (Å²) in [6.45, 7) is -0.355. The fourth-order valence-corrected chi connectivity index (χ4v) is 4.30. The molecule has 0 aliphatic carbocycles. The quantitative estimate of drug-likeness (QED) is 0.173. The smallest absolute Gasteiger partial charge is 0.339 e. The Labute approximate surface area is 211 Å². The lowest BCUT2D eigenvalue weighted by Crippen LogP contribution is -2.16. The maximum atomic E-state index is 13.6. The van der Waals surface area contributed by atoms with E-state index < -0.39 is 5.97 Å². The minimum atomic E-state index is -0.565. The molecule has 1 heterocycles. The molecule has 0 bridgehead atoms. The second kappa shape index (κ2) is 10.0. The molecule has 0 spiro atoms. The zero-order valence-corrected chi connectivity index (χ0v) is 20.2. The third-order valence-electron chi connectivity index (χ3n) is 5.71. The second-order valence-corrected chi connectivity index (χ2v) is 8.88. The van der Waals surface area contributed by atoms with Gasteiger partial charge in [0.15, 0.2) is 12.4 Å². The molecule has 0 fully saturated rings. The van der Waals surface area contributed by atoms with Crippen LogP contribution in [0.25, 0.3) is 33.3 Å². The Balaban J connectivity index is 1.64. The van der Waals surface area contributed by atoms with Crippen molar-refractivity contribution in [2.24, 2.45) is 0 Å². The molecule has 4 aromatic carbocycles. The van der Waals surface area contributed by atoms with Crippen LogP contribution in [0.15, 0.2) is 114 Å². The Morgan fingerprint density at radius 3 is 2.00 bits per heavy atom. The molecule has 0 atom stereocenters. The number of ether oxygens (including phenoxy) is 1. The van der Waals surface area contributed by atoms with Gasteiger partial charge < -0.3 is 4.74 Å². The van der Waals surface area contributed by atoms with Crippen LogP contribution in [0.5, 0.6) is 0 Å². The summed E-state index contributed by atoms with van der Waals surface area (Å²) in [6.07, 6.45) is 0. The van der Waals surface area contributed by atoms with Crippen LogP contribution >= 0.6 is 15.9 Å². The van der Waals surface area contributed by atoms with Crippen molar-refractivity contribution in [1.82, 2.24) is 4.98 Å². The van der Waals surface area contributed by atoms with E-state index >= 15 is 0 Å². The highest BCUT2D eigenvalue weighted by atomic mass is 79.9. The van der Waals surface area contributed by atoms with E-state index in [2.05, 4.69) is 15.9 Å². The van der Waals surface area contributed by atoms with E-state index in [4.69, 9.17) is 9.72 Å². The number of ketones is 1. The molecule has 0 aliphatic heterocycles.